The van der Waals surface area contributed by atoms with Gasteiger partial charge in [-0.1, -0.05) is 29.8 Å². The van der Waals surface area contributed by atoms with Crippen LogP contribution in [0.15, 0.2) is 48.5 Å². The van der Waals surface area contributed by atoms with Crippen LogP contribution in [0.1, 0.15) is 23.6 Å². The molecule has 0 aliphatic carbocycles. The predicted octanol–water partition coefficient (Wildman–Crippen LogP) is 2.99. The van der Waals surface area contributed by atoms with Gasteiger partial charge in [0, 0.05) is 37.9 Å². The van der Waals surface area contributed by atoms with Crippen molar-refractivity contribution < 1.29 is 14.3 Å². The molecule has 0 spiro atoms. The van der Waals surface area contributed by atoms with Crippen LogP contribution in [0.25, 0.3) is 0 Å². The van der Waals surface area contributed by atoms with Crippen LogP contribution in [0.3, 0.4) is 0 Å². The van der Waals surface area contributed by atoms with E-state index in [-0.39, 0.29) is 24.3 Å². The summed E-state index contributed by atoms with van der Waals surface area (Å²) >= 11 is 0. The van der Waals surface area contributed by atoms with Gasteiger partial charge >= 0.3 is 0 Å². The first-order chi connectivity index (χ1) is 14.0. The summed E-state index contributed by atoms with van der Waals surface area (Å²) in [6, 6.07) is 15.7. The highest BCUT2D eigenvalue weighted by molar-refractivity contribution is 5.98. The lowest BCUT2D eigenvalue weighted by Crippen LogP contribution is -2.36. The first-order valence-electron chi connectivity index (χ1n) is 10.1. The van der Waals surface area contributed by atoms with Crippen LogP contribution in [0.5, 0.6) is 0 Å². The fourth-order valence-electron chi connectivity index (χ4n) is 4.14. The molecule has 4 rings (SSSR count). The number of benzene rings is 2. The van der Waals surface area contributed by atoms with Gasteiger partial charge in [-0.15, -0.1) is 0 Å². The molecule has 2 heterocycles. The van der Waals surface area contributed by atoms with Crippen molar-refractivity contribution in [3.8, 4) is 0 Å². The third kappa shape index (κ3) is 4.12. The van der Waals surface area contributed by atoms with E-state index >= 15 is 0 Å². The number of morpholine rings is 1. The van der Waals surface area contributed by atoms with Crippen molar-refractivity contribution in [3.05, 3.63) is 59.7 Å². The number of hydrogen-bond donors (Lipinski definition) is 1. The molecule has 2 aromatic rings. The number of likely N-dealkylation sites (tertiary alicyclic amines) is 1. The molecule has 0 saturated carbocycles. The molecule has 6 nitrogen and oxygen atoms in total. The molecule has 0 radical (unpaired) electrons. The van der Waals surface area contributed by atoms with Crippen molar-refractivity contribution in [3.63, 3.8) is 0 Å². The normalized spacial score (nSPS) is 22.1. The molecule has 2 saturated heterocycles. The number of nitrogens with zero attached hydrogens (tertiary/aromatic N) is 2. The summed E-state index contributed by atoms with van der Waals surface area (Å²) in [4.78, 5) is 29.3. The minimum Gasteiger partial charge on any atom is -0.378 e. The smallest absolute Gasteiger partial charge is 0.230 e. The molecule has 2 atom stereocenters. The monoisotopic (exact) mass is 393 g/mol. The Labute approximate surface area is 171 Å². The van der Waals surface area contributed by atoms with Crippen molar-refractivity contribution >= 4 is 23.2 Å². The van der Waals surface area contributed by atoms with Crippen LogP contribution in [-0.2, 0) is 14.3 Å². The molecular formula is C23H27N3O3. The largest absolute Gasteiger partial charge is 0.378 e. The van der Waals surface area contributed by atoms with Gasteiger partial charge in [-0.3, -0.25) is 9.59 Å². The van der Waals surface area contributed by atoms with E-state index in [1.165, 1.54) is 0 Å². The van der Waals surface area contributed by atoms with Gasteiger partial charge in [0.05, 0.1) is 25.2 Å². The van der Waals surface area contributed by atoms with E-state index in [4.69, 9.17) is 4.74 Å². The van der Waals surface area contributed by atoms with Gasteiger partial charge in [0.2, 0.25) is 11.8 Å². The molecular weight excluding hydrogens is 366 g/mol. The zero-order valence-electron chi connectivity index (χ0n) is 16.9. The Kier molecular flexibility index (Phi) is 5.53. The standard InChI is InChI=1S/C23H27N3O3/c1-16-3-5-17(6-4-16)22-20(15-21(27)25(22)2)23(28)24-18-7-9-19(10-8-18)26-11-13-29-14-12-26/h3-10,20,22H,11-15H2,1-2H3,(H,24,28)/t20-,22-/m1/s1. The van der Waals surface area contributed by atoms with Gasteiger partial charge in [-0.05, 0) is 36.8 Å². The van der Waals surface area contributed by atoms with Crippen LogP contribution >= 0.6 is 0 Å². The molecule has 1 N–H and O–H groups in total. The molecule has 0 aromatic heterocycles. The number of aryl methyl sites for hydroxylation is 1. The Hall–Kier alpha value is -2.86. The van der Waals surface area contributed by atoms with Gasteiger partial charge in [-0.2, -0.15) is 0 Å². The maximum Gasteiger partial charge on any atom is 0.230 e. The third-order valence-electron chi connectivity index (χ3n) is 5.85. The maximum absolute atomic E-state index is 13.0. The second-order valence-corrected chi connectivity index (χ2v) is 7.81. The number of anilines is 2. The minimum atomic E-state index is -0.408. The number of amides is 2. The van der Waals surface area contributed by atoms with Crippen molar-refractivity contribution in [2.24, 2.45) is 5.92 Å². The molecule has 2 aliphatic rings. The number of rotatable bonds is 4. The lowest BCUT2D eigenvalue weighted by Gasteiger charge is -2.29. The zero-order valence-corrected chi connectivity index (χ0v) is 16.9. The summed E-state index contributed by atoms with van der Waals surface area (Å²) in [6.07, 6.45) is 0.229. The molecule has 0 bridgehead atoms. The van der Waals surface area contributed by atoms with Gasteiger partial charge in [0.1, 0.15) is 0 Å². The fourth-order valence-corrected chi connectivity index (χ4v) is 4.14. The SMILES string of the molecule is Cc1ccc([C@@H]2[C@H](C(=O)Nc3ccc(N4CCOCC4)cc3)CC(=O)N2C)cc1. The van der Waals surface area contributed by atoms with Gasteiger partial charge in [0.25, 0.3) is 0 Å². The second kappa shape index (κ2) is 8.25. The number of carbonyl (C=O) groups is 2. The predicted molar refractivity (Wildman–Crippen MR) is 113 cm³/mol. The highest BCUT2D eigenvalue weighted by Crippen LogP contribution is 2.37. The van der Waals surface area contributed by atoms with Crippen molar-refractivity contribution in [1.29, 1.82) is 0 Å². The Morgan fingerprint density at radius 2 is 1.69 bits per heavy atom. The summed E-state index contributed by atoms with van der Waals surface area (Å²) in [7, 11) is 1.78. The number of ether oxygens (including phenoxy) is 1. The number of carbonyl (C=O) groups excluding carboxylic acids is 2. The first-order valence-corrected chi connectivity index (χ1v) is 10.1. The lowest BCUT2D eigenvalue weighted by atomic mass is 9.92. The average molecular weight is 393 g/mol. The van der Waals surface area contributed by atoms with E-state index in [1.807, 2.05) is 55.5 Å². The van der Waals surface area contributed by atoms with Gasteiger partial charge < -0.3 is 19.9 Å². The fraction of sp³-hybridized carbons (Fsp3) is 0.391. The Balaban J connectivity index is 1.47. The molecule has 6 heteroatoms. The highest BCUT2D eigenvalue weighted by Gasteiger charge is 2.42. The van der Waals surface area contributed by atoms with Crippen molar-refractivity contribution in [2.45, 2.75) is 19.4 Å². The van der Waals surface area contributed by atoms with E-state index in [9.17, 15) is 9.59 Å². The zero-order chi connectivity index (χ0) is 20.4. The Bertz CT molecular complexity index is 873. The minimum absolute atomic E-state index is 0.00149. The quantitative estimate of drug-likeness (QED) is 0.868. The van der Waals surface area contributed by atoms with Crippen LogP contribution in [0.4, 0.5) is 11.4 Å². The van der Waals surface area contributed by atoms with Crippen LogP contribution in [0.2, 0.25) is 0 Å². The van der Waals surface area contributed by atoms with E-state index in [2.05, 4.69) is 10.2 Å². The van der Waals surface area contributed by atoms with Crippen LogP contribution < -0.4 is 10.2 Å². The van der Waals surface area contributed by atoms with Crippen LogP contribution in [-0.4, -0.2) is 50.1 Å². The molecule has 0 unspecified atom stereocenters. The summed E-state index contributed by atoms with van der Waals surface area (Å²) in [6.45, 7) is 5.25. The molecule has 29 heavy (non-hydrogen) atoms. The number of nitrogens with one attached hydrogen (secondary N) is 1. The van der Waals surface area contributed by atoms with E-state index < -0.39 is 5.92 Å². The van der Waals surface area contributed by atoms with E-state index in [0.29, 0.717) is 0 Å². The molecule has 2 aromatic carbocycles. The topological polar surface area (TPSA) is 61.9 Å². The van der Waals surface area contributed by atoms with E-state index in [0.717, 1.165) is 48.8 Å². The summed E-state index contributed by atoms with van der Waals surface area (Å²) in [5, 5.41) is 3.01. The highest BCUT2D eigenvalue weighted by atomic mass is 16.5. The van der Waals surface area contributed by atoms with Crippen molar-refractivity contribution in [1.82, 2.24) is 4.90 Å². The average Bonchev–Trinajstić information content (AvgIpc) is 3.05. The first kappa shape index (κ1) is 19.5. The lowest BCUT2D eigenvalue weighted by molar-refractivity contribution is -0.127. The van der Waals surface area contributed by atoms with Crippen molar-refractivity contribution in [2.75, 3.05) is 43.6 Å². The molecule has 2 aliphatic heterocycles. The summed E-state index contributed by atoms with van der Waals surface area (Å²) in [5.41, 5.74) is 4.02. The molecule has 152 valence electrons. The van der Waals surface area contributed by atoms with Gasteiger partial charge in [0.15, 0.2) is 0 Å². The Morgan fingerprint density at radius 3 is 2.34 bits per heavy atom. The van der Waals surface area contributed by atoms with Gasteiger partial charge in [-0.25, -0.2) is 0 Å². The summed E-state index contributed by atoms with van der Waals surface area (Å²) < 4.78 is 5.39. The Morgan fingerprint density at radius 1 is 1.03 bits per heavy atom. The van der Waals surface area contributed by atoms with E-state index in [1.54, 1.807) is 11.9 Å². The van der Waals surface area contributed by atoms with Crippen LogP contribution in [0, 0.1) is 12.8 Å². The summed E-state index contributed by atoms with van der Waals surface area (Å²) in [5.74, 6) is -0.528. The molecule has 2 amide bonds. The number of hydrogen-bond acceptors (Lipinski definition) is 4. The third-order valence-corrected chi connectivity index (χ3v) is 5.85. The maximum atomic E-state index is 13.0. The molecule has 2 fully saturated rings. The second-order valence-electron chi connectivity index (χ2n) is 7.81.